The molecule has 0 fully saturated rings. The first-order valence-electron chi connectivity index (χ1n) is 2.27. The van der Waals surface area contributed by atoms with Crippen LogP contribution in [0.25, 0.3) is 0 Å². The fourth-order valence-corrected chi connectivity index (χ4v) is 0.182. The van der Waals surface area contributed by atoms with E-state index in [-0.39, 0.29) is 0 Å². The van der Waals surface area contributed by atoms with Gasteiger partial charge in [0.2, 0.25) is 0 Å². The number of esters is 1. The molecule has 0 unspecified atom stereocenters. The van der Waals surface area contributed by atoms with E-state index < -0.39 is 5.97 Å². The van der Waals surface area contributed by atoms with Crippen LogP contribution in [0.4, 0.5) is 0 Å². The Labute approximate surface area is 71.7 Å². The van der Waals surface area contributed by atoms with Crippen LogP contribution in [0.5, 0.6) is 0 Å². The standard InChI is InChI=1S/C5H7O2.BrH.Zn/c1-3-5(6)7-4-2;;/h1,4H2,2H3;1H;/q-1;;+2/p-1. The third-order valence-corrected chi connectivity index (χ3v) is 0.420. The number of hydrogen-bond acceptors (Lipinski definition) is 2. The van der Waals surface area contributed by atoms with Gasteiger partial charge in [-0.2, -0.15) is 0 Å². The van der Waals surface area contributed by atoms with Gasteiger partial charge in [0.25, 0.3) is 0 Å². The minimum atomic E-state index is -0.484. The van der Waals surface area contributed by atoms with E-state index in [1.807, 2.05) is 0 Å². The summed E-state index contributed by atoms with van der Waals surface area (Å²) in [5.41, 5.74) is 0. The first kappa shape index (κ1) is 12.0. The fraction of sp³-hybridized carbons (Fsp3) is 0.400. The Bertz CT molecular complexity index is 85.0. The zero-order valence-corrected chi connectivity index (χ0v) is 9.87. The Balaban J connectivity index is 0. The molecule has 0 atom stereocenters. The molecule has 2 nitrogen and oxygen atoms in total. The molecule has 0 rings (SSSR count). The second kappa shape index (κ2) is 11.2. The van der Waals surface area contributed by atoms with E-state index in [9.17, 15) is 4.79 Å². The molecule has 0 heterocycles. The molecule has 0 amide bonds. The molecule has 0 aromatic carbocycles. The quantitative estimate of drug-likeness (QED) is 0.317. The van der Waals surface area contributed by atoms with Crippen molar-refractivity contribution >= 4 is 19.6 Å². The van der Waals surface area contributed by atoms with E-state index in [2.05, 4.69) is 31.0 Å². The summed E-state index contributed by atoms with van der Waals surface area (Å²) < 4.78 is 4.38. The molecule has 0 aliphatic heterocycles. The van der Waals surface area contributed by atoms with E-state index in [0.717, 1.165) is 0 Å². The number of carbonyl (C=O) groups is 1. The van der Waals surface area contributed by atoms with Crippen LogP contribution >= 0.6 is 13.6 Å². The van der Waals surface area contributed by atoms with Gasteiger partial charge < -0.3 is 10.8 Å². The van der Waals surface area contributed by atoms with Crippen molar-refractivity contribution in [1.82, 2.24) is 0 Å². The average Bonchev–Trinajstić information content (AvgIpc) is 1.93. The molecule has 9 heavy (non-hydrogen) atoms. The van der Waals surface area contributed by atoms with Gasteiger partial charge in [-0.3, -0.25) is 11.4 Å². The third kappa shape index (κ3) is 11.7. The van der Waals surface area contributed by atoms with Crippen molar-refractivity contribution in [2.45, 2.75) is 6.92 Å². The molecule has 0 aliphatic carbocycles. The number of carbonyl (C=O) groups excluding carboxylic acids is 1. The van der Waals surface area contributed by atoms with Crippen molar-refractivity contribution in [2.24, 2.45) is 0 Å². The maximum atomic E-state index is 10.0. The topological polar surface area (TPSA) is 26.3 Å². The van der Waals surface area contributed by atoms with Crippen molar-refractivity contribution in [3.8, 4) is 0 Å². The first-order valence-corrected chi connectivity index (χ1v) is 9.22. The van der Waals surface area contributed by atoms with Crippen LogP contribution in [0.2, 0.25) is 0 Å². The first-order chi connectivity index (χ1) is 4.31. The molecule has 0 radical (unpaired) electrons. The third-order valence-electron chi connectivity index (χ3n) is 0.420. The molecular formula is C5H7BrO2Zn. The number of rotatable bonds is 2. The van der Waals surface area contributed by atoms with E-state index in [0.29, 0.717) is 6.61 Å². The summed E-state index contributed by atoms with van der Waals surface area (Å²) in [4.78, 5) is 10.0. The van der Waals surface area contributed by atoms with Gasteiger partial charge in [0.15, 0.2) is 0 Å². The van der Waals surface area contributed by atoms with Crippen LogP contribution in [-0.2, 0) is 25.9 Å². The van der Waals surface area contributed by atoms with E-state index in [1.165, 1.54) is 16.3 Å². The molecule has 48 valence electrons. The molecule has 0 saturated carbocycles. The number of hydrogen-bond donors (Lipinski definition) is 0. The molecule has 0 saturated heterocycles. The summed E-state index contributed by atoms with van der Waals surface area (Å²) in [6.07, 6.45) is 2.05. The summed E-state index contributed by atoms with van der Waals surface area (Å²) in [6, 6.07) is 0. The zero-order valence-electron chi connectivity index (χ0n) is 5.32. The molecule has 0 N–H and O–H groups in total. The van der Waals surface area contributed by atoms with Gasteiger partial charge in [0, 0.05) is 0 Å². The molecular weight excluding hydrogens is 237 g/mol. The molecule has 0 aromatic rings. The van der Waals surface area contributed by atoms with E-state index >= 15 is 0 Å². The summed E-state index contributed by atoms with van der Waals surface area (Å²) >= 11 is 4.25. The van der Waals surface area contributed by atoms with Crippen molar-refractivity contribution in [1.29, 1.82) is 0 Å². The Morgan fingerprint density at radius 3 is 2.44 bits per heavy atom. The number of ether oxygens (including phenoxy) is 1. The normalized spacial score (nSPS) is 6.67. The van der Waals surface area contributed by atoms with Gasteiger partial charge in [0.05, 0.1) is 6.61 Å². The van der Waals surface area contributed by atoms with Crippen LogP contribution in [0.15, 0.2) is 6.58 Å². The Hall–Kier alpha value is 0.313. The summed E-state index contributed by atoms with van der Waals surface area (Å²) in [5.74, 6) is -0.484. The molecule has 0 bridgehead atoms. The van der Waals surface area contributed by atoms with Crippen LogP contribution in [-0.4, -0.2) is 12.6 Å². The van der Waals surface area contributed by atoms with Crippen LogP contribution in [0.3, 0.4) is 0 Å². The van der Waals surface area contributed by atoms with E-state index in [1.54, 1.807) is 6.92 Å². The van der Waals surface area contributed by atoms with Crippen LogP contribution < -0.4 is 0 Å². The maximum absolute atomic E-state index is 10.0. The number of halogens is 1. The van der Waals surface area contributed by atoms with Gasteiger partial charge in [-0.25, -0.2) is 0 Å². The second-order valence-corrected chi connectivity index (χ2v) is 0.897. The predicted molar refractivity (Wildman–Crippen MR) is 34.4 cm³/mol. The summed E-state index contributed by atoms with van der Waals surface area (Å²) in [6.45, 7) is 5.20. The molecule has 0 spiro atoms. The second-order valence-electron chi connectivity index (χ2n) is 0.897. The summed E-state index contributed by atoms with van der Waals surface area (Å²) in [5, 5.41) is 0. The Morgan fingerprint density at radius 1 is 1.89 bits per heavy atom. The van der Waals surface area contributed by atoms with Crippen molar-refractivity contribution < 1.29 is 25.9 Å². The fourth-order valence-electron chi connectivity index (χ4n) is 0.182. The molecule has 4 heteroatoms. The van der Waals surface area contributed by atoms with Gasteiger partial charge in [-0.15, -0.1) is 0 Å². The SMILES string of the molecule is C=[C-]C(=O)OCC.[Zn+][Br]. The van der Waals surface area contributed by atoms with Crippen LogP contribution in [0, 0.1) is 6.08 Å². The van der Waals surface area contributed by atoms with Crippen LogP contribution in [0.1, 0.15) is 6.92 Å². The zero-order chi connectivity index (χ0) is 7.70. The molecule has 0 aromatic heterocycles. The van der Waals surface area contributed by atoms with Gasteiger partial charge in [0.1, 0.15) is 5.97 Å². The summed E-state index contributed by atoms with van der Waals surface area (Å²) in [7, 11) is 0. The van der Waals surface area contributed by atoms with Crippen molar-refractivity contribution in [3.05, 3.63) is 12.7 Å². The monoisotopic (exact) mass is 242 g/mol. The van der Waals surface area contributed by atoms with Gasteiger partial charge in [-0.1, -0.05) is 0 Å². The minimum absolute atomic E-state index is 0.390. The predicted octanol–water partition coefficient (Wildman–Crippen LogP) is 1.38. The van der Waals surface area contributed by atoms with Crippen molar-refractivity contribution in [3.63, 3.8) is 0 Å². The Morgan fingerprint density at radius 2 is 2.33 bits per heavy atom. The van der Waals surface area contributed by atoms with Crippen molar-refractivity contribution in [2.75, 3.05) is 6.61 Å². The van der Waals surface area contributed by atoms with E-state index in [4.69, 9.17) is 0 Å². The van der Waals surface area contributed by atoms with Gasteiger partial charge in [-0.05, 0) is 6.92 Å². The average molecular weight is 244 g/mol. The molecule has 0 aliphatic rings. The van der Waals surface area contributed by atoms with Gasteiger partial charge >= 0.3 is 30.0 Å². The Kier molecular flexibility index (Phi) is 14.9.